The lowest BCUT2D eigenvalue weighted by Crippen LogP contribution is -2.12. The smallest absolute Gasteiger partial charge is 0.243 e. The van der Waals surface area contributed by atoms with Gasteiger partial charge in [0.2, 0.25) is 5.89 Å². The van der Waals surface area contributed by atoms with Crippen molar-refractivity contribution < 1.29 is 9.63 Å². The minimum Gasteiger partial charge on any atom is -0.396 e. The van der Waals surface area contributed by atoms with Crippen molar-refractivity contribution in [2.24, 2.45) is 5.73 Å². The van der Waals surface area contributed by atoms with E-state index in [0.717, 1.165) is 18.7 Å². The highest BCUT2D eigenvalue weighted by Gasteiger charge is 2.27. The summed E-state index contributed by atoms with van der Waals surface area (Å²) in [5, 5.41) is 12.9. The molecule has 19 heavy (non-hydrogen) atoms. The van der Waals surface area contributed by atoms with E-state index in [2.05, 4.69) is 34.4 Å². The summed E-state index contributed by atoms with van der Waals surface area (Å²) >= 11 is 0. The zero-order chi connectivity index (χ0) is 13.2. The first-order valence-corrected chi connectivity index (χ1v) is 6.54. The lowest BCUT2D eigenvalue weighted by Gasteiger charge is -2.03. The van der Waals surface area contributed by atoms with Crippen LogP contribution in [0, 0.1) is 0 Å². The molecule has 0 amide bonds. The first-order valence-electron chi connectivity index (χ1n) is 6.54. The predicted molar refractivity (Wildman–Crippen MR) is 69.5 cm³/mol. The SMILES string of the molecule is NC(CCO)c1nc(C2Cc3ccccc3C2)no1. The molecule has 3 N–H and O–H groups in total. The van der Waals surface area contributed by atoms with E-state index in [1.165, 1.54) is 11.1 Å². The fourth-order valence-electron chi connectivity index (χ4n) is 2.57. The van der Waals surface area contributed by atoms with Crippen LogP contribution in [-0.4, -0.2) is 21.9 Å². The van der Waals surface area contributed by atoms with E-state index < -0.39 is 0 Å². The molecule has 1 unspecified atom stereocenters. The van der Waals surface area contributed by atoms with Crippen LogP contribution < -0.4 is 5.73 Å². The molecule has 0 fully saturated rings. The average Bonchev–Trinajstić information content (AvgIpc) is 3.05. The van der Waals surface area contributed by atoms with Crippen molar-refractivity contribution in [1.29, 1.82) is 0 Å². The van der Waals surface area contributed by atoms with Gasteiger partial charge in [0, 0.05) is 12.5 Å². The molecule has 2 aromatic rings. The summed E-state index contributed by atoms with van der Waals surface area (Å²) in [6.45, 7) is 0.0216. The minimum atomic E-state index is -0.380. The highest BCUT2D eigenvalue weighted by Crippen LogP contribution is 2.32. The largest absolute Gasteiger partial charge is 0.396 e. The zero-order valence-corrected chi connectivity index (χ0v) is 10.6. The number of aromatic nitrogens is 2. The Kier molecular flexibility index (Phi) is 3.31. The number of aliphatic hydroxyl groups is 1. The van der Waals surface area contributed by atoms with Crippen molar-refractivity contribution in [3.8, 4) is 0 Å². The van der Waals surface area contributed by atoms with Crippen molar-refractivity contribution in [3.63, 3.8) is 0 Å². The van der Waals surface area contributed by atoms with Crippen molar-refractivity contribution >= 4 is 0 Å². The van der Waals surface area contributed by atoms with Gasteiger partial charge >= 0.3 is 0 Å². The van der Waals surface area contributed by atoms with Gasteiger partial charge in [0.1, 0.15) is 0 Å². The lowest BCUT2D eigenvalue weighted by atomic mass is 10.1. The molecule has 1 aromatic heterocycles. The Bertz CT molecular complexity index is 542. The summed E-state index contributed by atoms with van der Waals surface area (Å²) in [7, 11) is 0. The highest BCUT2D eigenvalue weighted by atomic mass is 16.5. The zero-order valence-electron chi connectivity index (χ0n) is 10.6. The number of hydrogen-bond donors (Lipinski definition) is 2. The molecule has 3 rings (SSSR count). The number of hydrogen-bond acceptors (Lipinski definition) is 5. The molecule has 1 atom stereocenters. The number of rotatable bonds is 4. The van der Waals surface area contributed by atoms with Gasteiger partial charge in [-0.2, -0.15) is 4.98 Å². The van der Waals surface area contributed by atoms with E-state index in [-0.39, 0.29) is 18.6 Å². The molecule has 0 radical (unpaired) electrons. The molecule has 0 spiro atoms. The van der Waals surface area contributed by atoms with E-state index >= 15 is 0 Å². The predicted octanol–water partition coefficient (Wildman–Crippen LogP) is 1.33. The van der Waals surface area contributed by atoms with Crippen molar-refractivity contribution in [1.82, 2.24) is 10.1 Å². The third-order valence-corrected chi connectivity index (χ3v) is 3.63. The lowest BCUT2D eigenvalue weighted by molar-refractivity contribution is 0.259. The van der Waals surface area contributed by atoms with Crippen LogP contribution in [0.1, 0.15) is 41.2 Å². The van der Waals surface area contributed by atoms with Crippen molar-refractivity contribution in [2.75, 3.05) is 6.61 Å². The summed E-state index contributed by atoms with van der Waals surface area (Å²) in [5.74, 6) is 1.41. The molecular weight excluding hydrogens is 242 g/mol. The van der Waals surface area contributed by atoms with Gasteiger partial charge in [-0.3, -0.25) is 0 Å². The summed E-state index contributed by atoms with van der Waals surface area (Å²) in [6.07, 6.45) is 2.33. The monoisotopic (exact) mass is 259 g/mol. The molecule has 1 heterocycles. The quantitative estimate of drug-likeness (QED) is 0.865. The molecule has 5 heteroatoms. The summed E-state index contributed by atoms with van der Waals surface area (Å²) in [4.78, 5) is 4.38. The number of fused-ring (bicyclic) bond motifs is 1. The van der Waals surface area contributed by atoms with Gasteiger partial charge in [0.25, 0.3) is 0 Å². The Hall–Kier alpha value is -1.72. The highest BCUT2D eigenvalue weighted by molar-refractivity contribution is 5.34. The third-order valence-electron chi connectivity index (χ3n) is 3.63. The van der Waals surface area contributed by atoms with E-state index in [0.29, 0.717) is 12.3 Å². The van der Waals surface area contributed by atoms with Gasteiger partial charge in [-0.25, -0.2) is 0 Å². The summed E-state index contributed by atoms with van der Waals surface area (Å²) < 4.78 is 5.19. The van der Waals surface area contributed by atoms with Crippen LogP contribution in [0.2, 0.25) is 0 Å². The summed E-state index contributed by atoms with van der Waals surface area (Å²) in [6, 6.07) is 8.02. The maximum absolute atomic E-state index is 8.86. The van der Waals surface area contributed by atoms with Crippen LogP contribution in [0.4, 0.5) is 0 Å². The van der Waals surface area contributed by atoms with Crippen LogP contribution in [-0.2, 0) is 12.8 Å². The first kappa shape index (κ1) is 12.3. The number of nitrogens with zero attached hydrogens (tertiary/aromatic N) is 2. The minimum absolute atomic E-state index is 0.0216. The normalized spacial score (nSPS) is 16.5. The fourth-order valence-corrected chi connectivity index (χ4v) is 2.57. The van der Waals surface area contributed by atoms with E-state index in [1.807, 2.05) is 0 Å². The van der Waals surface area contributed by atoms with Gasteiger partial charge in [0.15, 0.2) is 5.82 Å². The van der Waals surface area contributed by atoms with Crippen LogP contribution in [0.3, 0.4) is 0 Å². The molecular formula is C14H17N3O2. The second-order valence-electron chi connectivity index (χ2n) is 4.98. The number of benzene rings is 1. The molecule has 100 valence electrons. The number of aliphatic hydroxyl groups excluding tert-OH is 1. The topological polar surface area (TPSA) is 85.2 Å². The van der Waals surface area contributed by atoms with Gasteiger partial charge in [-0.05, 0) is 30.4 Å². The van der Waals surface area contributed by atoms with Crippen LogP contribution >= 0.6 is 0 Å². The molecule has 1 aliphatic carbocycles. The van der Waals surface area contributed by atoms with Gasteiger partial charge in [-0.15, -0.1) is 0 Å². The molecule has 1 aromatic carbocycles. The molecule has 0 aliphatic heterocycles. The number of nitrogens with two attached hydrogens (primary N) is 1. The Morgan fingerprint density at radius 2 is 2.00 bits per heavy atom. The van der Waals surface area contributed by atoms with Gasteiger partial charge in [0.05, 0.1) is 6.04 Å². The van der Waals surface area contributed by atoms with Crippen LogP contribution in [0.5, 0.6) is 0 Å². The molecule has 0 saturated heterocycles. The van der Waals surface area contributed by atoms with E-state index in [1.54, 1.807) is 0 Å². The fraction of sp³-hybridized carbons (Fsp3) is 0.429. The second kappa shape index (κ2) is 5.11. The van der Waals surface area contributed by atoms with E-state index in [4.69, 9.17) is 15.4 Å². The first-order chi connectivity index (χ1) is 9.28. The Labute approximate surface area is 111 Å². The van der Waals surface area contributed by atoms with E-state index in [9.17, 15) is 0 Å². The average molecular weight is 259 g/mol. The maximum Gasteiger partial charge on any atom is 0.243 e. The molecule has 0 saturated carbocycles. The summed E-state index contributed by atoms with van der Waals surface area (Å²) in [5.41, 5.74) is 8.56. The molecule has 0 bridgehead atoms. The van der Waals surface area contributed by atoms with Crippen LogP contribution in [0.15, 0.2) is 28.8 Å². The Balaban J connectivity index is 1.75. The van der Waals surface area contributed by atoms with Gasteiger partial charge < -0.3 is 15.4 Å². The van der Waals surface area contributed by atoms with Gasteiger partial charge in [-0.1, -0.05) is 29.4 Å². The molecule has 1 aliphatic rings. The standard InChI is InChI=1S/C14H17N3O2/c15-12(5-6-18)14-16-13(17-19-14)11-7-9-3-1-2-4-10(9)8-11/h1-4,11-12,18H,5-8,15H2. The van der Waals surface area contributed by atoms with Crippen molar-refractivity contribution in [3.05, 3.63) is 47.1 Å². The third kappa shape index (κ3) is 2.39. The second-order valence-corrected chi connectivity index (χ2v) is 4.98. The Morgan fingerprint density at radius 3 is 2.63 bits per heavy atom. The maximum atomic E-state index is 8.86. The molecule has 5 nitrogen and oxygen atoms in total. The van der Waals surface area contributed by atoms with Crippen molar-refractivity contribution in [2.45, 2.75) is 31.2 Å². The van der Waals surface area contributed by atoms with Crippen LogP contribution in [0.25, 0.3) is 0 Å². The Morgan fingerprint density at radius 1 is 1.32 bits per heavy atom.